The van der Waals surface area contributed by atoms with Crippen LogP contribution in [0.25, 0.3) is 0 Å². The zero-order chi connectivity index (χ0) is 13.3. The van der Waals surface area contributed by atoms with Crippen LogP contribution < -0.4 is 10.0 Å². The fraction of sp³-hybridized carbons (Fsp3) is 0.538. The van der Waals surface area contributed by atoms with Crippen molar-refractivity contribution in [1.82, 2.24) is 4.72 Å². The van der Waals surface area contributed by atoms with Crippen molar-refractivity contribution in [1.29, 1.82) is 0 Å². The van der Waals surface area contributed by atoms with Crippen LogP contribution in [0.15, 0.2) is 23.1 Å². The summed E-state index contributed by atoms with van der Waals surface area (Å²) in [5.41, 5.74) is 2.16. The van der Waals surface area contributed by atoms with E-state index in [1.807, 2.05) is 17.8 Å². The molecule has 1 saturated heterocycles. The molecule has 0 aromatic heterocycles. The Labute approximate surface area is 118 Å². The van der Waals surface area contributed by atoms with E-state index in [1.165, 1.54) is 0 Å². The molecule has 0 aliphatic carbocycles. The van der Waals surface area contributed by atoms with E-state index in [9.17, 15) is 8.42 Å². The van der Waals surface area contributed by atoms with E-state index in [1.54, 1.807) is 12.1 Å². The van der Waals surface area contributed by atoms with E-state index in [-0.39, 0.29) is 6.04 Å². The Balaban J connectivity index is 1.79. The van der Waals surface area contributed by atoms with Gasteiger partial charge in [0.15, 0.2) is 0 Å². The number of anilines is 1. The molecule has 0 saturated carbocycles. The molecule has 2 N–H and O–H groups in total. The molecule has 0 bridgehead atoms. The van der Waals surface area contributed by atoms with Gasteiger partial charge in [-0.25, -0.2) is 13.1 Å². The Morgan fingerprint density at radius 1 is 1.37 bits per heavy atom. The normalized spacial score (nSPS) is 22.8. The predicted molar refractivity (Wildman–Crippen MR) is 79.3 cm³/mol. The van der Waals surface area contributed by atoms with Crippen LogP contribution in [0.2, 0.25) is 0 Å². The number of nitrogens with one attached hydrogen (secondary N) is 2. The number of hydrogen-bond acceptors (Lipinski definition) is 4. The number of fused-ring (bicyclic) bond motifs is 1. The van der Waals surface area contributed by atoms with Crippen LogP contribution in [0, 0.1) is 0 Å². The number of hydrogen-bond donors (Lipinski definition) is 2. The average Bonchev–Trinajstić information content (AvgIpc) is 2.86. The van der Waals surface area contributed by atoms with Crippen molar-refractivity contribution < 1.29 is 8.42 Å². The SMILES string of the molecule is O=S(=O)(NC1CCCSC1)c1ccc2c(c1)CCN2. The van der Waals surface area contributed by atoms with Crippen LogP contribution in [-0.2, 0) is 16.4 Å². The summed E-state index contributed by atoms with van der Waals surface area (Å²) in [5.74, 6) is 2.02. The highest BCUT2D eigenvalue weighted by Gasteiger charge is 2.23. The van der Waals surface area contributed by atoms with Gasteiger partial charge in [-0.2, -0.15) is 11.8 Å². The second-order valence-corrected chi connectivity index (χ2v) is 7.89. The first-order valence-electron chi connectivity index (χ1n) is 6.62. The first-order chi connectivity index (χ1) is 9.15. The molecule has 4 nitrogen and oxygen atoms in total. The van der Waals surface area contributed by atoms with Gasteiger partial charge in [-0.3, -0.25) is 0 Å². The predicted octanol–water partition coefficient (Wildman–Crippen LogP) is 1.83. The zero-order valence-electron chi connectivity index (χ0n) is 10.7. The summed E-state index contributed by atoms with van der Waals surface area (Å²) in [7, 11) is -3.37. The quantitative estimate of drug-likeness (QED) is 0.894. The summed E-state index contributed by atoms with van der Waals surface area (Å²) >= 11 is 1.82. The van der Waals surface area contributed by atoms with Crippen LogP contribution in [-0.4, -0.2) is 32.5 Å². The summed E-state index contributed by atoms with van der Waals surface area (Å²) in [4.78, 5) is 0.394. The monoisotopic (exact) mass is 298 g/mol. The molecule has 1 fully saturated rings. The van der Waals surface area contributed by atoms with Gasteiger partial charge in [0.1, 0.15) is 0 Å². The minimum Gasteiger partial charge on any atom is -0.384 e. The first kappa shape index (κ1) is 13.3. The molecule has 2 aliphatic heterocycles. The number of benzene rings is 1. The molecule has 19 heavy (non-hydrogen) atoms. The zero-order valence-corrected chi connectivity index (χ0v) is 12.3. The van der Waals surface area contributed by atoms with Crippen molar-refractivity contribution in [3.63, 3.8) is 0 Å². The molecule has 1 aromatic carbocycles. The topological polar surface area (TPSA) is 58.2 Å². The third kappa shape index (κ3) is 2.90. The lowest BCUT2D eigenvalue weighted by Gasteiger charge is -2.22. The van der Waals surface area contributed by atoms with Gasteiger partial charge in [-0.15, -0.1) is 0 Å². The minimum atomic E-state index is -3.37. The van der Waals surface area contributed by atoms with Crippen LogP contribution in [0.4, 0.5) is 5.69 Å². The Bertz CT molecular complexity index is 566. The van der Waals surface area contributed by atoms with Crippen LogP contribution in [0.5, 0.6) is 0 Å². The van der Waals surface area contributed by atoms with Gasteiger partial charge in [0.05, 0.1) is 4.90 Å². The van der Waals surface area contributed by atoms with Crippen molar-refractivity contribution in [2.45, 2.75) is 30.2 Å². The second-order valence-electron chi connectivity index (χ2n) is 5.03. The largest absolute Gasteiger partial charge is 0.384 e. The average molecular weight is 298 g/mol. The van der Waals surface area contributed by atoms with E-state index in [2.05, 4.69) is 10.0 Å². The fourth-order valence-corrected chi connectivity index (χ4v) is 5.07. The maximum Gasteiger partial charge on any atom is 0.240 e. The van der Waals surface area contributed by atoms with Gasteiger partial charge >= 0.3 is 0 Å². The lowest BCUT2D eigenvalue weighted by Crippen LogP contribution is -2.38. The molecule has 1 atom stereocenters. The van der Waals surface area contributed by atoms with Crippen LogP contribution >= 0.6 is 11.8 Å². The van der Waals surface area contributed by atoms with E-state index >= 15 is 0 Å². The molecule has 0 spiro atoms. The van der Waals surface area contributed by atoms with E-state index in [0.29, 0.717) is 4.90 Å². The number of thioether (sulfide) groups is 1. The lowest BCUT2D eigenvalue weighted by atomic mass is 10.2. The smallest absolute Gasteiger partial charge is 0.240 e. The van der Waals surface area contributed by atoms with Gasteiger partial charge < -0.3 is 5.32 Å². The van der Waals surface area contributed by atoms with Crippen LogP contribution in [0.3, 0.4) is 0 Å². The number of rotatable bonds is 3. The lowest BCUT2D eigenvalue weighted by molar-refractivity contribution is 0.543. The third-order valence-electron chi connectivity index (χ3n) is 3.58. The molecule has 1 aromatic rings. The molecule has 3 rings (SSSR count). The molecule has 0 amide bonds. The Morgan fingerprint density at radius 2 is 2.26 bits per heavy atom. The molecule has 2 heterocycles. The highest BCUT2D eigenvalue weighted by Crippen LogP contribution is 2.26. The third-order valence-corrected chi connectivity index (χ3v) is 6.31. The molecule has 1 unspecified atom stereocenters. The van der Waals surface area contributed by atoms with Gasteiger partial charge in [-0.1, -0.05) is 0 Å². The van der Waals surface area contributed by atoms with Crippen molar-refractivity contribution in [3.05, 3.63) is 23.8 Å². The van der Waals surface area contributed by atoms with Crippen molar-refractivity contribution in [2.24, 2.45) is 0 Å². The number of sulfonamides is 1. The highest BCUT2D eigenvalue weighted by atomic mass is 32.2. The van der Waals surface area contributed by atoms with Gasteiger partial charge in [0, 0.05) is 24.0 Å². The van der Waals surface area contributed by atoms with Crippen molar-refractivity contribution in [2.75, 3.05) is 23.4 Å². The van der Waals surface area contributed by atoms with E-state index in [0.717, 1.165) is 48.6 Å². The fourth-order valence-electron chi connectivity index (χ4n) is 2.57. The van der Waals surface area contributed by atoms with Crippen molar-refractivity contribution >= 4 is 27.5 Å². The van der Waals surface area contributed by atoms with Gasteiger partial charge in [-0.05, 0) is 48.8 Å². The Kier molecular flexibility index (Phi) is 3.73. The minimum absolute atomic E-state index is 0.0788. The second kappa shape index (κ2) is 5.34. The van der Waals surface area contributed by atoms with Crippen LogP contribution in [0.1, 0.15) is 18.4 Å². The summed E-state index contributed by atoms with van der Waals surface area (Å²) in [6.45, 7) is 0.894. The summed E-state index contributed by atoms with van der Waals surface area (Å²) in [5, 5.41) is 3.24. The van der Waals surface area contributed by atoms with Gasteiger partial charge in [0.2, 0.25) is 10.0 Å². The van der Waals surface area contributed by atoms with Crippen molar-refractivity contribution in [3.8, 4) is 0 Å². The van der Waals surface area contributed by atoms with E-state index < -0.39 is 10.0 Å². The summed E-state index contributed by atoms with van der Waals surface area (Å²) < 4.78 is 27.6. The Hall–Kier alpha value is -0.720. The summed E-state index contributed by atoms with van der Waals surface area (Å²) in [6.07, 6.45) is 2.93. The van der Waals surface area contributed by atoms with Gasteiger partial charge in [0.25, 0.3) is 0 Å². The molecular formula is C13H18N2O2S2. The highest BCUT2D eigenvalue weighted by molar-refractivity contribution is 7.99. The maximum atomic E-state index is 12.4. The molecule has 104 valence electrons. The molecule has 0 radical (unpaired) electrons. The summed E-state index contributed by atoms with van der Waals surface area (Å²) in [6, 6.07) is 5.44. The Morgan fingerprint density at radius 3 is 3.05 bits per heavy atom. The molecule has 2 aliphatic rings. The van der Waals surface area contributed by atoms with E-state index in [4.69, 9.17) is 0 Å². The molecular weight excluding hydrogens is 280 g/mol. The first-order valence-corrected chi connectivity index (χ1v) is 9.26. The molecule has 6 heteroatoms. The standard InChI is InChI=1S/C13H18N2O2S2/c16-19(17,15-11-2-1-7-18-9-11)12-3-4-13-10(8-12)5-6-14-13/h3-4,8,11,14-15H,1-2,5-7,9H2. The maximum absolute atomic E-state index is 12.4.